The number of nitrogens with zero attached hydrogens (tertiary/aromatic N) is 2. The number of nitriles is 1. The van der Waals surface area contributed by atoms with E-state index in [-0.39, 0.29) is 24.3 Å². The number of nitrogens with one attached hydrogen (secondary N) is 1. The maximum Gasteiger partial charge on any atom is 0.317 e. The Kier molecular flexibility index (Phi) is 4.17. The zero-order valence-electron chi connectivity index (χ0n) is 11.8. The van der Waals surface area contributed by atoms with Crippen LogP contribution in [0.15, 0.2) is 0 Å². The molecule has 6 heteroatoms. The van der Waals surface area contributed by atoms with Crippen LogP contribution in [0.5, 0.6) is 0 Å². The normalized spacial score (nSPS) is 24.6. The lowest BCUT2D eigenvalue weighted by atomic mass is 9.74. The van der Waals surface area contributed by atoms with E-state index in [4.69, 9.17) is 5.26 Å². The van der Waals surface area contributed by atoms with Crippen molar-refractivity contribution < 1.29 is 13.6 Å². The standard InChI is InChI=1S/C14H21F2N3O/c1-2-13(3-6-17)4-7-19(8-5-13)12(20)18-11-9-14(15,16)10-11/h11H,2-5,7-10H2,1H3,(H,18,20). The van der Waals surface area contributed by atoms with Gasteiger partial charge in [0.05, 0.1) is 6.07 Å². The molecule has 0 radical (unpaired) electrons. The quantitative estimate of drug-likeness (QED) is 0.866. The summed E-state index contributed by atoms with van der Waals surface area (Å²) < 4.78 is 25.4. The molecular formula is C14H21F2N3O. The summed E-state index contributed by atoms with van der Waals surface area (Å²) in [5, 5.41) is 11.5. The van der Waals surface area contributed by atoms with E-state index < -0.39 is 12.0 Å². The van der Waals surface area contributed by atoms with Crippen molar-refractivity contribution in [3.63, 3.8) is 0 Å². The maximum atomic E-state index is 12.7. The third kappa shape index (κ3) is 3.20. The van der Waals surface area contributed by atoms with Gasteiger partial charge in [0.1, 0.15) is 0 Å². The molecule has 0 aromatic rings. The summed E-state index contributed by atoms with van der Waals surface area (Å²) >= 11 is 0. The van der Waals surface area contributed by atoms with Gasteiger partial charge in [0.2, 0.25) is 0 Å². The second-order valence-corrected chi connectivity index (χ2v) is 6.09. The minimum Gasteiger partial charge on any atom is -0.335 e. The van der Waals surface area contributed by atoms with Crippen LogP contribution in [0.3, 0.4) is 0 Å². The third-order valence-corrected chi connectivity index (χ3v) is 4.73. The van der Waals surface area contributed by atoms with Gasteiger partial charge >= 0.3 is 6.03 Å². The molecule has 0 bridgehead atoms. The highest BCUT2D eigenvalue weighted by molar-refractivity contribution is 5.74. The number of rotatable bonds is 3. The highest BCUT2D eigenvalue weighted by Crippen LogP contribution is 2.39. The van der Waals surface area contributed by atoms with Gasteiger partial charge in [0, 0.05) is 38.4 Å². The van der Waals surface area contributed by atoms with E-state index in [0.717, 1.165) is 19.3 Å². The Hall–Kier alpha value is -1.38. The molecule has 0 atom stereocenters. The number of halogens is 2. The number of carbonyl (C=O) groups is 1. The van der Waals surface area contributed by atoms with Gasteiger partial charge in [-0.3, -0.25) is 0 Å². The zero-order chi connectivity index (χ0) is 14.8. The van der Waals surface area contributed by atoms with Gasteiger partial charge in [-0.25, -0.2) is 13.6 Å². The van der Waals surface area contributed by atoms with Gasteiger partial charge in [-0.1, -0.05) is 6.92 Å². The molecule has 0 aromatic carbocycles. The lowest BCUT2D eigenvalue weighted by molar-refractivity contribution is -0.0904. The van der Waals surface area contributed by atoms with Crippen LogP contribution in [0.1, 0.15) is 45.4 Å². The summed E-state index contributed by atoms with van der Waals surface area (Å²) in [7, 11) is 0. The minimum atomic E-state index is -2.61. The van der Waals surface area contributed by atoms with Crippen molar-refractivity contribution in [3.05, 3.63) is 0 Å². The van der Waals surface area contributed by atoms with Crippen molar-refractivity contribution in [2.45, 2.75) is 57.4 Å². The molecule has 20 heavy (non-hydrogen) atoms. The second kappa shape index (κ2) is 5.55. The largest absolute Gasteiger partial charge is 0.335 e. The van der Waals surface area contributed by atoms with E-state index in [1.54, 1.807) is 4.90 Å². The number of hydrogen-bond donors (Lipinski definition) is 1. The van der Waals surface area contributed by atoms with E-state index in [1.165, 1.54) is 0 Å². The molecule has 1 saturated carbocycles. The first-order valence-corrected chi connectivity index (χ1v) is 7.20. The Balaban J connectivity index is 1.79. The van der Waals surface area contributed by atoms with E-state index in [9.17, 15) is 13.6 Å². The van der Waals surface area contributed by atoms with Crippen LogP contribution in [-0.2, 0) is 0 Å². The van der Waals surface area contributed by atoms with Crippen LogP contribution in [0.25, 0.3) is 0 Å². The number of likely N-dealkylation sites (tertiary alicyclic amines) is 1. The minimum absolute atomic E-state index is 0.0228. The highest BCUT2D eigenvalue weighted by atomic mass is 19.3. The first-order chi connectivity index (χ1) is 9.40. The van der Waals surface area contributed by atoms with Crippen molar-refractivity contribution in [2.75, 3.05) is 13.1 Å². The van der Waals surface area contributed by atoms with Crippen LogP contribution >= 0.6 is 0 Å². The smallest absolute Gasteiger partial charge is 0.317 e. The molecule has 1 N–H and O–H groups in total. The molecule has 1 heterocycles. The van der Waals surface area contributed by atoms with Crippen molar-refractivity contribution >= 4 is 6.03 Å². The molecule has 1 aliphatic heterocycles. The molecule has 0 aromatic heterocycles. The molecule has 1 saturated heterocycles. The lowest BCUT2D eigenvalue weighted by Crippen LogP contribution is -2.55. The van der Waals surface area contributed by atoms with Crippen LogP contribution in [0, 0.1) is 16.7 Å². The van der Waals surface area contributed by atoms with Gasteiger partial charge in [0.25, 0.3) is 5.92 Å². The first kappa shape index (κ1) is 15.0. The lowest BCUT2D eigenvalue weighted by Gasteiger charge is -2.42. The molecule has 2 fully saturated rings. The van der Waals surface area contributed by atoms with Crippen molar-refractivity contribution in [3.8, 4) is 6.07 Å². The predicted molar refractivity (Wildman–Crippen MR) is 70.3 cm³/mol. The Morgan fingerprint density at radius 1 is 1.40 bits per heavy atom. The van der Waals surface area contributed by atoms with Crippen LogP contribution < -0.4 is 5.32 Å². The van der Waals surface area contributed by atoms with E-state index in [0.29, 0.717) is 19.5 Å². The van der Waals surface area contributed by atoms with Gasteiger partial charge in [-0.15, -0.1) is 0 Å². The number of urea groups is 1. The van der Waals surface area contributed by atoms with Gasteiger partial charge in [-0.2, -0.15) is 5.26 Å². The summed E-state index contributed by atoms with van der Waals surface area (Å²) in [6.07, 6.45) is 2.58. The molecule has 2 rings (SSSR count). The fourth-order valence-electron chi connectivity index (χ4n) is 3.04. The first-order valence-electron chi connectivity index (χ1n) is 7.20. The summed E-state index contributed by atoms with van der Waals surface area (Å²) in [5.74, 6) is -2.61. The molecule has 0 unspecified atom stereocenters. The monoisotopic (exact) mass is 285 g/mol. The summed E-state index contributed by atoms with van der Waals surface area (Å²) in [6.45, 7) is 3.28. The van der Waals surface area contributed by atoms with Crippen LogP contribution in [0.2, 0.25) is 0 Å². The van der Waals surface area contributed by atoms with E-state index in [1.807, 2.05) is 0 Å². The molecule has 2 aliphatic rings. The number of alkyl halides is 2. The van der Waals surface area contributed by atoms with Crippen LogP contribution in [0.4, 0.5) is 13.6 Å². The Bertz CT molecular complexity index is 403. The summed E-state index contributed by atoms with van der Waals surface area (Å²) in [4.78, 5) is 13.7. The molecule has 4 nitrogen and oxygen atoms in total. The van der Waals surface area contributed by atoms with E-state index >= 15 is 0 Å². The Labute approximate surface area is 118 Å². The van der Waals surface area contributed by atoms with E-state index in [2.05, 4.69) is 18.3 Å². The SMILES string of the molecule is CCC1(CC#N)CCN(C(=O)NC2CC(F)(F)C2)CC1. The fraction of sp³-hybridized carbons (Fsp3) is 0.857. The average molecular weight is 285 g/mol. The van der Waals surface area contributed by atoms with Gasteiger partial charge in [0.15, 0.2) is 0 Å². The predicted octanol–water partition coefficient (Wildman–Crippen LogP) is 2.90. The van der Waals surface area contributed by atoms with Crippen LogP contribution in [-0.4, -0.2) is 36.0 Å². The number of amides is 2. The number of piperidine rings is 1. The molecule has 1 aliphatic carbocycles. The topological polar surface area (TPSA) is 56.1 Å². The molecule has 2 amide bonds. The van der Waals surface area contributed by atoms with Crippen molar-refractivity contribution in [1.29, 1.82) is 5.26 Å². The fourth-order valence-corrected chi connectivity index (χ4v) is 3.04. The Morgan fingerprint density at radius 2 is 2.00 bits per heavy atom. The van der Waals surface area contributed by atoms with Gasteiger partial charge < -0.3 is 10.2 Å². The molecular weight excluding hydrogens is 264 g/mol. The Morgan fingerprint density at radius 3 is 2.45 bits per heavy atom. The van der Waals surface area contributed by atoms with Crippen molar-refractivity contribution in [2.24, 2.45) is 5.41 Å². The third-order valence-electron chi connectivity index (χ3n) is 4.73. The summed E-state index contributed by atoms with van der Waals surface area (Å²) in [5.41, 5.74) is 0.0228. The maximum absolute atomic E-state index is 12.7. The van der Waals surface area contributed by atoms with Gasteiger partial charge in [-0.05, 0) is 24.7 Å². The highest BCUT2D eigenvalue weighted by Gasteiger charge is 2.46. The second-order valence-electron chi connectivity index (χ2n) is 6.09. The molecule has 112 valence electrons. The zero-order valence-corrected chi connectivity index (χ0v) is 11.8. The summed E-state index contributed by atoms with van der Waals surface area (Å²) in [6, 6.07) is 1.59. The molecule has 0 spiro atoms. The number of carbonyl (C=O) groups excluding carboxylic acids is 1. The number of hydrogen-bond acceptors (Lipinski definition) is 2. The average Bonchev–Trinajstić information content (AvgIpc) is 2.37. The van der Waals surface area contributed by atoms with Crippen molar-refractivity contribution in [1.82, 2.24) is 10.2 Å².